The minimum absolute atomic E-state index is 0.0334. The minimum atomic E-state index is -0.0717. The van der Waals surface area contributed by atoms with Crippen LogP contribution in [-0.4, -0.2) is 42.9 Å². The van der Waals surface area contributed by atoms with E-state index in [1.165, 1.54) is 17.8 Å². The molecule has 0 fully saturated rings. The van der Waals surface area contributed by atoms with Crippen molar-refractivity contribution in [3.8, 4) is 0 Å². The van der Waals surface area contributed by atoms with E-state index in [1.807, 2.05) is 14.1 Å². The lowest BCUT2D eigenvalue weighted by Gasteiger charge is -2.15. The summed E-state index contributed by atoms with van der Waals surface area (Å²) in [6, 6.07) is 6.99. The molecule has 0 aliphatic heterocycles. The average Bonchev–Trinajstić information content (AvgIpc) is 2.35. The van der Waals surface area contributed by atoms with E-state index in [4.69, 9.17) is 0 Å². The first-order valence-corrected chi connectivity index (χ1v) is 6.75. The molecule has 0 radical (unpaired) electrons. The Bertz CT molecular complexity index is 520. The van der Waals surface area contributed by atoms with Crippen molar-refractivity contribution in [2.75, 3.05) is 26.4 Å². The van der Waals surface area contributed by atoms with Gasteiger partial charge in [-0.1, -0.05) is 24.3 Å². The molecule has 1 aliphatic rings. The van der Waals surface area contributed by atoms with E-state index in [1.54, 1.807) is 24.3 Å². The predicted molar refractivity (Wildman–Crippen MR) is 74.2 cm³/mol. The van der Waals surface area contributed by atoms with Crippen LogP contribution in [0.1, 0.15) is 20.7 Å². The van der Waals surface area contributed by atoms with Gasteiger partial charge in [-0.2, -0.15) is 0 Å². The van der Waals surface area contributed by atoms with E-state index in [-0.39, 0.29) is 11.6 Å². The quantitative estimate of drug-likeness (QED) is 0.833. The number of Topliss-reactive ketones (excluding diaryl/α,β-unsaturated/α-hetero) is 1. The molecule has 4 heteroatoms. The van der Waals surface area contributed by atoms with Crippen LogP contribution in [0.2, 0.25) is 0 Å². The van der Waals surface area contributed by atoms with Crippen molar-refractivity contribution in [1.82, 2.24) is 4.90 Å². The first-order chi connectivity index (χ1) is 8.59. The van der Waals surface area contributed by atoms with Crippen molar-refractivity contribution in [3.63, 3.8) is 0 Å². The number of rotatable bonds is 4. The summed E-state index contributed by atoms with van der Waals surface area (Å²) in [5.41, 5.74) is 1.04. The van der Waals surface area contributed by atoms with Gasteiger partial charge in [-0.25, -0.2) is 0 Å². The molecule has 1 aromatic carbocycles. The maximum absolute atomic E-state index is 12.2. The molecule has 2 rings (SSSR count). The second kappa shape index (κ2) is 5.50. The molecule has 0 heterocycles. The number of benzene rings is 1. The van der Waals surface area contributed by atoms with E-state index in [2.05, 4.69) is 4.90 Å². The SMILES string of the molecule is CN(C)CCSC1=CC(=O)c2ccccc2C1=O. The Hall–Kier alpha value is -1.39. The molecule has 0 atom stereocenters. The highest BCUT2D eigenvalue weighted by atomic mass is 32.2. The summed E-state index contributed by atoms with van der Waals surface area (Å²) in [6.07, 6.45) is 1.46. The fourth-order valence-electron chi connectivity index (χ4n) is 1.74. The summed E-state index contributed by atoms with van der Waals surface area (Å²) in [5.74, 6) is 0.700. The van der Waals surface area contributed by atoms with Crippen LogP contribution in [0.4, 0.5) is 0 Å². The van der Waals surface area contributed by atoms with E-state index < -0.39 is 0 Å². The number of carbonyl (C=O) groups excluding carboxylic acids is 2. The summed E-state index contributed by atoms with van der Waals surface area (Å²) in [6.45, 7) is 0.880. The van der Waals surface area contributed by atoms with Crippen molar-refractivity contribution < 1.29 is 9.59 Å². The van der Waals surface area contributed by atoms with Crippen LogP contribution >= 0.6 is 11.8 Å². The molecular formula is C14H15NO2S. The molecule has 0 amide bonds. The number of ketones is 2. The molecule has 94 valence electrons. The Morgan fingerprint density at radius 3 is 2.44 bits per heavy atom. The van der Waals surface area contributed by atoms with Crippen molar-refractivity contribution in [1.29, 1.82) is 0 Å². The smallest absolute Gasteiger partial charge is 0.200 e. The molecule has 0 saturated carbocycles. The van der Waals surface area contributed by atoms with Crippen molar-refractivity contribution in [2.45, 2.75) is 0 Å². The van der Waals surface area contributed by atoms with Crippen LogP contribution in [0.25, 0.3) is 0 Å². The van der Waals surface area contributed by atoms with Gasteiger partial charge < -0.3 is 4.90 Å². The Kier molecular flexibility index (Phi) is 3.99. The number of nitrogens with zero attached hydrogens (tertiary/aromatic N) is 1. The van der Waals surface area contributed by atoms with E-state index >= 15 is 0 Å². The second-order valence-electron chi connectivity index (χ2n) is 4.40. The van der Waals surface area contributed by atoms with Gasteiger partial charge in [0.1, 0.15) is 0 Å². The lowest BCUT2D eigenvalue weighted by atomic mass is 9.95. The average molecular weight is 261 g/mol. The molecule has 0 spiro atoms. The highest BCUT2D eigenvalue weighted by Crippen LogP contribution is 2.27. The van der Waals surface area contributed by atoms with Crippen molar-refractivity contribution >= 4 is 23.3 Å². The topological polar surface area (TPSA) is 37.4 Å². The van der Waals surface area contributed by atoms with Crippen LogP contribution in [-0.2, 0) is 0 Å². The molecule has 3 nitrogen and oxygen atoms in total. The number of thioether (sulfide) groups is 1. The van der Waals surface area contributed by atoms with Crippen LogP contribution in [0.5, 0.6) is 0 Å². The Morgan fingerprint density at radius 2 is 1.78 bits per heavy atom. The molecule has 0 aromatic heterocycles. The maximum atomic E-state index is 12.2. The van der Waals surface area contributed by atoms with E-state index in [0.29, 0.717) is 16.0 Å². The highest BCUT2D eigenvalue weighted by molar-refractivity contribution is 8.04. The number of carbonyl (C=O) groups is 2. The molecule has 0 unspecified atom stereocenters. The standard InChI is InChI=1S/C14H15NO2S/c1-15(2)7-8-18-13-9-12(16)10-5-3-4-6-11(10)14(13)17/h3-6,9H,7-8H2,1-2H3. The van der Waals surface area contributed by atoms with Gasteiger partial charge in [-0.05, 0) is 14.1 Å². The molecule has 0 saturated heterocycles. The lowest BCUT2D eigenvalue weighted by molar-refractivity contribution is 0.0991. The molecular weight excluding hydrogens is 246 g/mol. The monoisotopic (exact) mass is 261 g/mol. The number of allylic oxidation sites excluding steroid dienone is 2. The Morgan fingerprint density at radius 1 is 1.11 bits per heavy atom. The van der Waals surface area contributed by atoms with E-state index in [0.717, 1.165) is 12.3 Å². The largest absolute Gasteiger partial charge is 0.309 e. The van der Waals surface area contributed by atoms with Gasteiger partial charge in [-0.15, -0.1) is 11.8 Å². The van der Waals surface area contributed by atoms with Gasteiger partial charge in [0.15, 0.2) is 11.6 Å². The van der Waals surface area contributed by atoms with E-state index in [9.17, 15) is 9.59 Å². The van der Waals surface area contributed by atoms with Crippen LogP contribution in [0.15, 0.2) is 35.2 Å². The Balaban J connectivity index is 2.16. The summed E-state index contributed by atoms with van der Waals surface area (Å²) in [5, 5.41) is 0. The minimum Gasteiger partial charge on any atom is -0.309 e. The normalized spacial score (nSPS) is 14.7. The first-order valence-electron chi connectivity index (χ1n) is 5.77. The first kappa shape index (κ1) is 13.1. The summed E-state index contributed by atoms with van der Waals surface area (Å²) in [7, 11) is 3.97. The number of hydrogen-bond acceptors (Lipinski definition) is 4. The second-order valence-corrected chi connectivity index (χ2v) is 5.54. The van der Waals surface area contributed by atoms with Gasteiger partial charge in [0.05, 0.1) is 4.91 Å². The molecule has 18 heavy (non-hydrogen) atoms. The third kappa shape index (κ3) is 2.71. The fourth-order valence-corrected chi connectivity index (χ4v) is 2.84. The Labute approximate surface area is 111 Å². The van der Waals surface area contributed by atoms with Gasteiger partial charge in [-0.3, -0.25) is 9.59 Å². The summed E-state index contributed by atoms with van der Waals surface area (Å²) < 4.78 is 0. The third-order valence-electron chi connectivity index (χ3n) is 2.72. The summed E-state index contributed by atoms with van der Waals surface area (Å²) in [4.78, 5) is 26.7. The van der Waals surface area contributed by atoms with Gasteiger partial charge in [0.2, 0.25) is 0 Å². The molecule has 0 N–H and O–H groups in total. The predicted octanol–water partition coefficient (Wildman–Crippen LogP) is 2.24. The van der Waals surface area contributed by atoms with Crippen molar-refractivity contribution in [3.05, 3.63) is 46.4 Å². The van der Waals surface area contributed by atoms with Gasteiger partial charge in [0, 0.05) is 29.5 Å². The maximum Gasteiger partial charge on any atom is 0.200 e. The highest BCUT2D eigenvalue weighted by Gasteiger charge is 2.24. The number of hydrogen-bond donors (Lipinski definition) is 0. The van der Waals surface area contributed by atoms with Gasteiger partial charge in [0.25, 0.3) is 0 Å². The van der Waals surface area contributed by atoms with Crippen LogP contribution in [0.3, 0.4) is 0 Å². The van der Waals surface area contributed by atoms with Crippen LogP contribution in [0, 0.1) is 0 Å². The van der Waals surface area contributed by atoms with Gasteiger partial charge >= 0.3 is 0 Å². The fraction of sp³-hybridized carbons (Fsp3) is 0.286. The van der Waals surface area contributed by atoms with Crippen LogP contribution < -0.4 is 0 Å². The van der Waals surface area contributed by atoms with Crippen molar-refractivity contribution in [2.24, 2.45) is 0 Å². The third-order valence-corrected chi connectivity index (χ3v) is 3.72. The molecule has 1 aliphatic carbocycles. The number of fused-ring (bicyclic) bond motifs is 1. The molecule has 1 aromatic rings. The summed E-state index contributed by atoms with van der Waals surface area (Å²) >= 11 is 1.45. The zero-order chi connectivity index (χ0) is 13.1. The lowest BCUT2D eigenvalue weighted by Crippen LogP contribution is -2.18. The molecule has 0 bridgehead atoms. The zero-order valence-electron chi connectivity index (χ0n) is 10.5. The zero-order valence-corrected chi connectivity index (χ0v) is 11.3.